The molecule has 0 saturated heterocycles. The zero-order chi connectivity index (χ0) is 20.5. The number of rotatable bonds is 3. The highest BCUT2D eigenvalue weighted by molar-refractivity contribution is 5.86. The Hall–Kier alpha value is -3.60. The van der Waals surface area contributed by atoms with Gasteiger partial charge in [-0.05, 0) is 33.4 Å². The van der Waals surface area contributed by atoms with Crippen LogP contribution in [-0.4, -0.2) is 24.6 Å². The van der Waals surface area contributed by atoms with E-state index in [4.69, 9.17) is 4.74 Å². The van der Waals surface area contributed by atoms with E-state index in [1.54, 1.807) is 0 Å². The quantitative estimate of drug-likeness (QED) is 0.706. The van der Waals surface area contributed by atoms with E-state index in [0.29, 0.717) is 13.0 Å². The normalized spacial score (nSPS) is 17.2. The highest BCUT2D eigenvalue weighted by Crippen LogP contribution is 2.44. The second-order valence-electron chi connectivity index (χ2n) is 7.71. The minimum absolute atomic E-state index is 0.00756. The number of benzene rings is 3. The van der Waals surface area contributed by atoms with E-state index in [1.165, 1.54) is 11.1 Å². The number of alkyl carbamates (subject to hydrolysis) is 1. The predicted octanol–water partition coefficient (Wildman–Crippen LogP) is 3.77. The molecule has 0 saturated carbocycles. The van der Waals surface area contributed by atoms with Crippen molar-refractivity contribution in [3.8, 4) is 11.1 Å². The van der Waals surface area contributed by atoms with E-state index < -0.39 is 12.1 Å². The summed E-state index contributed by atoms with van der Waals surface area (Å²) in [7, 11) is 0. The summed E-state index contributed by atoms with van der Waals surface area (Å²) in [4.78, 5) is 25.0. The maximum Gasteiger partial charge on any atom is 0.407 e. The van der Waals surface area contributed by atoms with Gasteiger partial charge in [0.2, 0.25) is 5.91 Å². The number of ether oxygens (including phenoxy) is 1. The van der Waals surface area contributed by atoms with Crippen LogP contribution in [0.4, 0.5) is 4.79 Å². The fourth-order valence-corrected chi connectivity index (χ4v) is 4.45. The Morgan fingerprint density at radius 3 is 2.20 bits per heavy atom. The Morgan fingerprint density at radius 2 is 1.50 bits per heavy atom. The van der Waals surface area contributed by atoms with Crippen LogP contribution in [-0.2, 0) is 22.5 Å². The van der Waals surface area contributed by atoms with Crippen LogP contribution in [0, 0.1) is 0 Å². The van der Waals surface area contributed by atoms with Gasteiger partial charge in [-0.3, -0.25) is 4.79 Å². The number of hydrogen-bond donors (Lipinski definition) is 2. The number of fused-ring (bicyclic) bond motifs is 4. The van der Waals surface area contributed by atoms with Gasteiger partial charge in [0, 0.05) is 18.9 Å². The van der Waals surface area contributed by atoms with Gasteiger partial charge in [0.25, 0.3) is 0 Å². The average Bonchev–Trinajstić information content (AvgIpc) is 3.01. The van der Waals surface area contributed by atoms with E-state index in [9.17, 15) is 9.59 Å². The molecular formula is C25H22N2O3. The highest BCUT2D eigenvalue weighted by Gasteiger charge is 2.30. The Balaban J connectivity index is 1.28. The van der Waals surface area contributed by atoms with Crippen LogP contribution in [0.5, 0.6) is 0 Å². The fourth-order valence-electron chi connectivity index (χ4n) is 4.45. The van der Waals surface area contributed by atoms with Gasteiger partial charge in [0.05, 0.1) is 0 Å². The lowest BCUT2D eigenvalue weighted by Gasteiger charge is -2.18. The standard InChI is InChI=1S/C25H22N2O3/c28-24-23(13-16-7-1-2-8-17(16)14-26-24)27-25(29)30-15-22-20-11-5-3-9-18(20)19-10-4-6-12-21(19)22/h1-12,22-23H,13-15H2,(H,26,28)(H,27,29)/t23-/m0/s1. The van der Waals surface area contributed by atoms with Gasteiger partial charge in [-0.2, -0.15) is 0 Å². The molecule has 3 aromatic rings. The molecule has 0 unspecified atom stereocenters. The summed E-state index contributed by atoms with van der Waals surface area (Å²) in [6.07, 6.45) is -0.122. The molecule has 0 aromatic heterocycles. The summed E-state index contributed by atoms with van der Waals surface area (Å²) < 4.78 is 5.59. The molecule has 2 aliphatic rings. The summed E-state index contributed by atoms with van der Waals surface area (Å²) >= 11 is 0. The molecule has 2 amide bonds. The fraction of sp³-hybridized carbons (Fsp3) is 0.200. The van der Waals surface area contributed by atoms with Crippen LogP contribution >= 0.6 is 0 Å². The Bertz CT molecular complexity index is 1080. The van der Waals surface area contributed by atoms with E-state index in [1.807, 2.05) is 48.5 Å². The monoisotopic (exact) mass is 398 g/mol. The van der Waals surface area contributed by atoms with Crippen molar-refractivity contribution in [2.24, 2.45) is 0 Å². The molecule has 0 spiro atoms. The van der Waals surface area contributed by atoms with Crippen LogP contribution in [0.3, 0.4) is 0 Å². The van der Waals surface area contributed by atoms with Crippen molar-refractivity contribution in [1.29, 1.82) is 0 Å². The van der Waals surface area contributed by atoms with E-state index in [-0.39, 0.29) is 18.4 Å². The van der Waals surface area contributed by atoms with Gasteiger partial charge in [0.15, 0.2) is 0 Å². The van der Waals surface area contributed by atoms with E-state index >= 15 is 0 Å². The number of amides is 2. The van der Waals surface area contributed by atoms with Gasteiger partial charge in [-0.15, -0.1) is 0 Å². The molecule has 0 bridgehead atoms. The van der Waals surface area contributed by atoms with Crippen molar-refractivity contribution in [3.05, 3.63) is 95.1 Å². The van der Waals surface area contributed by atoms with Crippen molar-refractivity contribution in [2.75, 3.05) is 6.61 Å². The molecule has 3 aromatic carbocycles. The maximum atomic E-state index is 12.5. The number of hydrogen-bond acceptors (Lipinski definition) is 3. The van der Waals surface area contributed by atoms with Gasteiger partial charge < -0.3 is 15.4 Å². The number of nitrogens with one attached hydrogen (secondary N) is 2. The first-order valence-electron chi connectivity index (χ1n) is 10.2. The zero-order valence-corrected chi connectivity index (χ0v) is 16.4. The van der Waals surface area contributed by atoms with Crippen LogP contribution < -0.4 is 10.6 Å². The molecule has 1 aliphatic carbocycles. The molecule has 2 N–H and O–H groups in total. The third-order valence-corrected chi connectivity index (χ3v) is 5.95. The molecular weight excluding hydrogens is 376 g/mol. The molecule has 1 aliphatic heterocycles. The summed E-state index contributed by atoms with van der Waals surface area (Å²) in [5, 5.41) is 5.62. The first-order valence-corrected chi connectivity index (χ1v) is 10.2. The molecule has 30 heavy (non-hydrogen) atoms. The average molecular weight is 398 g/mol. The molecule has 5 heteroatoms. The minimum Gasteiger partial charge on any atom is -0.449 e. The predicted molar refractivity (Wildman–Crippen MR) is 114 cm³/mol. The SMILES string of the molecule is O=C(N[C@H]1Cc2ccccc2CNC1=O)OCC1c2ccccc2-c2ccccc21. The summed E-state index contributed by atoms with van der Waals surface area (Å²) in [6, 6.07) is 23.6. The summed E-state index contributed by atoms with van der Waals surface area (Å²) in [6.45, 7) is 0.697. The van der Waals surface area contributed by atoms with Crippen molar-refractivity contribution >= 4 is 12.0 Å². The number of carbonyl (C=O) groups is 2. The Morgan fingerprint density at radius 1 is 0.900 bits per heavy atom. The summed E-state index contributed by atoms with van der Waals surface area (Å²) in [5.41, 5.74) is 6.81. The Labute approximate surface area is 175 Å². The molecule has 150 valence electrons. The van der Waals surface area contributed by atoms with Gasteiger partial charge in [0.1, 0.15) is 12.6 Å². The lowest BCUT2D eigenvalue weighted by molar-refractivity contribution is -0.123. The van der Waals surface area contributed by atoms with E-state index in [2.05, 4.69) is 34.9 Å². The van der Waals surface area contributed by atoms with Crippen LogP contribution in [0.25, 0.3) is 11.1 Å². The lowest BCUT2D eigenvalue weighted by atomic mass is 9.98. The van der Waals surface area contributed by atoms with Gasteiger partial charge in [-0.25, -0.2) is 4.79 Å². The molecule has 5 rings (SSSR count). The molecule has 1 atom stereocenters. The lowest BCUT2D eigenvalue weighted by Crippen LogP contribution is -2.46. The van der Waals surface area contributed by atoms with Crippen molar-refractivity contribution < 1.29 is 14.3 Å². The van der Waals surface area contributed by atoms with Crippen LogP contribution in [0.2, 0.25) is 0 Å². The second kappa shape index (κ2) is 7.67. The first kappa shape index (κ1) is 18.4. The number of carbonyl (C=O) groups excluding carboxylic acids is 2. The van der Waals surface area contributed by atoms with E-state index in [0.717, 1.165) is 22.3 Å². The van der Waals surface area contributed by atoms with Crippen molar-refractivity contribution in [2.45, 2.75) is 24.9 Å². The third-order valence-electron chi connectivity index (χ3n) is 5.95. The minimum atomic E-state index is -0.649. The van der Waals surface area contributed by atoms with Crippen molar-refractivity contribution in [1.82, 2.24) is 10.6 Å². The largest absolute Gasteiger partial charge is 0.449 e. The molecule has 0 radical (unpaired) electrons. The zero-order valence-electron chi connectivity index (χ0n) is 16.4. The third kappa shape index (κ3) is 3.32. The highest BCUT2D eigenvalue weighted by atomic mass is 16.5. The maximum absolute atomic E-state index is 12.5. The van der Waals surface area contributed by atoms with Crippen LogP contribution in [0.15, 0.2) is 72.8 Å². The van der Waals surface area contributed by atoms with Gasteiger partial charge in [-0.1, -0.05) is 72.8 Å². The Kier molecular flexibility index (Phi) is 4.71. The topological polar surface area (TPSA) is 67.4 Å². The van der Waals surface area contributed by atoms with Crippen LogP contribution in [0.1, 0.15) is 28.2 Å². The molecule has 5 nitrogen and oxygen atoms in total. The second-order valence-corrected chi connectivity index (χ2v) is 7.71. The molecule has 0 fully saturated rings. The summed E-state index contributed by atoms with van der Waals surface area (Å²) in [5.74, 6) is -0.202. The first-order chi connectivity index (χ1) is 14.7. The van der Waals surface area contributed by atoms with Gasteiger partial charge >= 0.3 is 6.09 Å². The molecule has 1 heterocycles. The van der Waals surface area contributed by atoms with Crippen molar-refractivity contribution in [3.63, 3.8) is 0 Å². The smallest absolute Gasteiger partial charge is 0.407 e.